The van der Waals surface area contributed by atoms with Crippen LogP contribution >= 0.6 is 0 Å². The molecule has 0 aromatic heterocycles. The Kier molecular flexibility index (Phi) is 5.53. The topological polar surface area (TPSA) is 80.2 Å². The van der Waals surface area contributed by atoms with Crippen molar-refractivity contribution in [2.75, 3.05) is 30.4 Å². The van der Waals surface area contributed by atoms with Crippen molar-refractivity contribution in [3.05, 3.63) is 58.7 Å². The standard InChI is InChI=1S/C23H29N5O/c1-15-3-6-22-17(9-15)7-8-28(22)19-11-21(26-14-19)23(29)27-13-16-4-5-20(25-2)18(10-16)12-24/h3-6,9-10,12,19,21,24-26H,7-8,11,13-14H2,1-2H3,(H,27,29). The lowest BCUT2D eigenvalue weighted by Gasteiger charge is -2.26. The lowest BCUT2D eigenvalue weighted by Crippen LogP contribution is -2.40. The number of amides is 1. The molecular weight excluding hydrogens is 362 g/mol. The Morgan fingerprint density at radius 2 is 2.17 bits per heavy atom. The number of carbonyl (C=O) groups excluding carboxylic acids is 1. The average molecular weight is 392 g/mol. The highest BCUT2D eigenvalue weighted by molar-refractivity contribution is 5.86. The Balaban J connectivity index is 1.34. The number of rotatable bonds is 6. The quantitative estimate of drug-likeness (QED) is 0.570. The molecule has 2 unspecified atom stereocenters. The van der Waals surface area contributed by atoms with Crippen molar-refractivity contribution in [3.63, 3.8) is 0 Å². The molecule has 0 aliphatic carbocycles. The summed E-state index contributed by atoms with van der Waals surface area (Å²) in [6.07, 6.45) is 3.24. The maximum Gasteiger partial charge on any atom is 0.237 e. The van der Waals surface area contributed by atoms with Crippen molar-refractivity contribution in [2.45, 2.75) is 38.4 Å². The zero-order chi connectivity index (χ0) is 20.4. The summed E-state index contributed by atoms with van der Waals surface area (Å²) in [6, 6.07) is 12.7. The maximum atomic E-state index is 12.7. The van der Waals surface area contributed by atoms with Gasteiger partial charge in [0.15, 0.2) is 0 Å². The highest BCUT2D eigenvalue weighted by Crippen LogP contribution is 2.32. The van der Waals surface area contributed by atoms with Gasteiger partial charge < -0.3 is 26.3 Å². The van der Waals surface area contributed by atoms with Crippen molar-refractivity contribution < 1.29 is 4.79 Å². The van der Waals surface area contributed by atoms with Crippen LogP contribution in [0.5, 0.6) is 0 Å². The van der Waals surface area contributed by atoms with E-state index in [4.69, 9.17) is 5.41 Å². The molecule has 0 saturated carbocycles. The van der Waals surface area contributed by atoms with Gasteiger partial charge in [-0.15, -0.1) is 0 Å². The van der Waals surface area contributed by atoms with E-state index in [2.05, 4.69) is 46.0 Å². The SMILES string of the molecule is CNc1ccc(CNC(=O)C2CC(N3CCc4cc(C)ccc43)CN2)cc1C=N. The first kappa shape index (κ1) is 19.5. The van der Waals surface area contributed by atoms with Crippen molar-refractivity contribution in [1.29, 1.82) is 5.41 Å². The first-order valence-corrected chi connectivity index (χ1v) is 10.3. The van der Waals surface area contributed by atoms with Crippen LogP contribution in [0.25, 0.3) is 0 Å². The molecule has 1 amide bonds. The van der Waals surface area contributed by atoms with E-state index >= 15 is 0 Å². The monoisotopic (exact) mass is 391 g/mol. The summed E-state index contributed by atoms with van der Waals surface area (Å²) >= 11 is 0. The lowest BCUT2D eigenvalue weighted by atomic mass is 10.1. The van der Waals surface area contributed by atoms with Crippen LogP contribution in [-0.2, 0) is 17.8 Å². The van der Waals surface area contributed by atoms with E-state index in [1.807, 2.05) is 25.2 Å². The number of fused-ring (bicyclic) bond motifs is 1. The molecule has 0 radical (unpaired) electrons. The largest absolute Gasteiger partial charge is 0.388 e. The Morgan fingerprint density at radius 1 is 1.31 bits per heavy atom. The summed E-state index contributed by atoms with van der Waals surface area (Å²) in [5.41, 5.74) is 6.78. The van der Waals surface area contributed by atoms with Gasteiger partial charge >= 0.3 is 0 Å². The highest BCUT2D eigenvalue weighted by atomic mass is 16.2. The maximum absolute atomic E-state index is 12.7. The minimum absolute atomic E-state index is 0.0462. The van der Waals surface area contributed by atoms with Gasteiger partial charge in [0.2, 0.25) is 5.91 Å². The number of nitrogens with one attached hydrogen (secondary N) is 4. The molecule has 6 heteroatoms. The second kappa shape index (κ2) is 8.25. The van der Waals surface area contributed by atoms with Crippen molar-refractivity contribution >= 4 is 23.5 Å². The minimum Gasteiger partial charge on any atom is -0.388 e. The van der Waals surface area contributed by atoms with Gasteiger partial charge in [-0.3, -0.25) is 4.79 Å². The summed E-state index contributed by atoms with van der Waals surface area (Å²) in [7, 11) is 1.84. The van der Waals surface area contributed by atoms with E-state index in [9.17, 15) is 4.79 Å². The zero-order valence-corrected chi connectivity index (χ0v) is 17.1. The molecule has 152 valence electrons. The number of hydrogen-bond donors (Lipinski definition) is 4. The van der Waals surface area contributed by atoms with Crippen LogP contribution in [0.4, 0.5) is 11.4 Å². The molecule has 1 fully saturated rings. The van der Waals surface area contributed by atoms with Crippen LogP contribution in [0, 0.1) is 12.3 Å². The fourth-order valence-electron chi connectivity index (χ4n) is 4.47. The summed E-state index contributed by atoms with van der Waals surface area (Å²) in [6.45, 7) is 4.47. The number of benzene rings is 2. The molecule has 2 heterocycles. The number of hydrogen-bond acceptors (Lipinski definition) is 5. The van der Waals surface area contributed by atoms with Crippen LogP contribution in [0.2, 0.25) is 0 Å². The number of anilines is 2. The molecule has 29 heavy (non-hydrogen) atoms. The van der Waals surface area contributed by atoms with Crippen LogP contribution in [0.15, 0.2) is 36.4 Å². The lowest BCUT2D eigenvalue weighted by molar-refractivity contribution is -0.122. The van der Waals surface area contributed by atoms with Gasteiger partial charge in [0.1, 0.15) is 0 Å². The van der Waals surface area contributed by atoms with Gasteiger partial charge in [-0.25, -0.2) is 0 Å². The Bertz CT molecular complexity index is 925. The fourth-order valence-corrected chi connectivity index (χ4v) is 4.47. The molecule has 0 spiro atoms. The normalized spacial score (nSPS) is 20.4. The summed E-state index contributed by atoms with van der Waals surface area (Å²) in [4.78, 5) is 15.2. The number of carbonyl (C=O) groups is 1. The predicted molar refractivity (Wildman–Crippen MR) is 118 cm³/mol. The first-order chi connectivity index (χ1) is 14.1. The summed E-state index contributed by atoms with van der Waals surface area (Å²) in [5, 5.41) is 17.1. The molecule has 2 aromatic rings. The number of nitrogens with zero attached hydrogens (tertiary/aromatic N) is 1. The molecular formula is C23H29N5O. The third-order valence-electron chi connectivity index (χ3n) is 6.04. The predicted octanol–water partition coefficient (Wildman–Crippen LogP) is 2.44. The van der Waals surface area contributed by atoms with Crippen molar-refractivity contribution in [3.8, 4) is 0 Å². The van der Waals surface area contributed by atoms with Gasteiger partial charge in [-0.1, -0.05) is 23.8 Å². The molecule has 2 aromatic carbocycles. The van der Waals surface area contributed by atoms with Gasteiger partial charge in [-0.2, -0.15) is 0 Å². The second-order valence-electron chi connectivity index (χ2n) is 7.96. The molecule has 1 saturated heterocycles. The van der Waals surface area contributed by atoms with Crippen molar-refractivity contribution in [1.82, 2.24) is 10.6 Å². The van der Waals surface area contributed by atoms with Gasteiger partial charge in [0, 0.05) is 55.9 Å². The summed E-state index contributed by atoms with van der Waals surface area (Å²) < 4.78 is 0. The van der Waals surface area contributed by atoms with E-state index in [1.54, 1.807) is 0 Å². The van der Waals surface area contributed by atoms with Gasteiger partial charge in [0.05, 0.1) is 6.04 Å². The molecule has 0 bridgehead atoms. The minimum atomic E-state index is -0.159. The van der Waals surface area contributed by atoms with Crippen LogP contribution in [-0.4, -0.2) is 44.3 Å². The van der Waals surface area contributed by atoms with E-state index in [-0.39, 0.29) is 11.9 Å². The third-order valence-corrected chi connectivity index (χ3v) is 6.04. The Morgan fingerprint density at radius 3 is 2.97 bits per heavy atom. The molecule has 6 nitrogen and oxygen atoms in total. The molecule has 4 rings (SSSR count). The molecule has 2 aliphatic heterocycles. The van der Waals surface area contributed by atoms with E-state index in [0.29, 0.717) is 12.6 Å². The van der Waals surface area contributed by atoms with Gasteiger partial charge in [0.25, 0.3) is 0 Å². The molecule has 4 N–H and O–H groups in total. The second-order valence-corrected chi connectivity index (χ2v) is 7.96. The zero-order valence-electron chi connectivity index (χ0n) is 17.1. The van der Waals surface area contributed by atoms with Crippen LogP contribution < -0.4 is 20.9 Å². The Labute approximate surface area is 172 Å². The Hall–Kier alpha value is -2.86. The first-order valence-electron chi connectivity index (χ1n) is 10.3. The smallest absolute Gasteiger partial charge is 0.237 e. The van der Waals surface area contributed by atoms with E-state index < -0.39 is 0 Å². The van der Waals surface area contributed by atoms with E-state index in [1.165, 1.54) is 23.0 Å². The molecule has 2 aliphatic rings. The average Bonchev–Trinajstić information content (AvgIpc) is 3.38. The van der Waals surface area contributed by atoms with Crippen LogP contribution in [0.1, 0.15) is 28.7 Å². The summed E-state index contributed by atoms with van der Waals surface area (Å²) in [5.74, 6) is 0.0462. The number of aryl methyl sites for hydroxylation is 1. The molecule has 2 atom stereocenters. The third kappa shape index (κ3) is 3.98. The van der Waals surface area contributed by atoms with Crippen molar-refractivity contribution in [2.24, 2.45) is 0 Å². The highest BCUT2D eigenvalue weighted by Gasteiger charge is 2.35. The van der Waals surface area contributed by atoms with E-state index in [0.717, 1.165) is 42.7 Å². The van der Waals surface area contributed by atoms with Gasteiger partial charge in [-0.05, 0) is 49.1 Å². The van der Waals surface area contributed by atoms with Crippen LogP contribution in [0.3, 0.4) is 0 Å². The fraction of sp³-hybridized carbons (Fsp3) is 0.391.